The molecule has 0 aliphatic rings. The van der Waals surface area contributed by atoms with E-state index in [4.69, 9.17) is 0 Å². The van der Waals surface area contributed by atoms with Crippen LogP contribution in [0.5, 0.6) is 0 Å². The van der Waals surface area contributed by atoms with Crippen molar-refractivity contribution in [1.29, 1.82) is 0 Å². The molecule has 0 saturated carbocycles. The zero-order valence-corrected chi connectivity index (χ0v) is 15.7. The van der Waals surface area contributed by atoms with Gasteiger partial charge in [-0.15, -0.1) is 0 Å². The topological polar surface area (TPSA) is 78.8 Å². The molecular weight excluding hydrogens is 360 g/mol. The molecule has 0 radical (unpaired) electrons. The summed E-state index contributed by atoms with van der Waals surface area (Å²) in [5, 5.41) is 14.3. The molecule has 0 bridgehead atoms. The molecule has 7 nitrogen and oxygen atoms in total. The normalized spacial score (nSPS) is 12.7. The van der Waals surface area contributed by atoms with Crippen molar-refractivity contribution >= 4 is 27.7 Å². The van der Waals surface area contributed by atoms with Gasteiger partial charge in [0.15, 0.2) is 5.82 Å². The highest BCUT2D eigenvalue weighted by Gasteiger charge is 2.18. The van der Waals surface area contributed by atoms with Crippen LogP contribution in [0.15, 0.2) is 10.5 Å². The number of carbonyl (C=O) groups is 1. The number of aryl methyl sites for hydroxylation is 1. The Kier molecular flexibility index (Phi) is 5.59. The van der Waals surface area contributed by atoms with E-state index in [9.17, 15) is 4.79 Å². The van der Waals surface area contributed by atoms with Gasteiger partial charge in [-0.05, 0) is 43.9 Å². The van der Waals surface area contributed by atoms with Crippen molar-refractivity contribution in [2.24, 2.45) is 5.92 Å². The van der Waals surface area contributed by atoms with Crippen molar-refractivity contribution in [2.45, 2.75) is 33.9 Å². The number of nitrogens with zero attached hydrogens (tertiary/aromatic N) is 4. The van der Waals surface area contributed by atoms with Gasteiger partial charge in [-0.25, -0.2) is 0 Å². The van der Waals surface area contributed by atoms with Gasteiger partial charge in [-0.3, -0.25) is 14.6 Å². The van der Waals surface area contributed by atoms with E-state index in [2.05, 4.69) is 36.5 Å². The first-order valence-electron chi connectivity index (χ1n) is 7.47. The van der Waals surface area contributed by atoms with Gasteiger partial charge in [-0.2, -0.15) is 10.2 Å². The zero-order chi connectivity index (χ0) is 17.1. The lowest BCUT2D eigenvalue weighted by atomic mass is 10.1. The molecular formula is C15H23BrN6O. The first-order valence-corrected chi connectivity index (χ1v) is 8.26. The van der Waals surface area contributed by atoms with Gasteiger partial charge >= 0.3 is 0 Å². The number of hydrogen-bond acceptors (Lipinski definition) is 4. The van der Waals surface area contributed by atoms with E-state index in [0.29, 0.717) is 12.4 Å². The molecule has 0 saturated heterocycles. The number of amides is 1. The molecule has 126 valence electrons. The van der Waals surface area contributed by atoms with Crippen LogP contribution in [0.1, 0.15) is 24.0 Å². The van der Waals surface area contributed by atoms with Gasteiger partial charge in [0.05, 0.1) is 28.3 Å². The Morgan fingerprint density at radius 2 is 2.17 bits per heavy atom. The largest absolute Gasteiger partial charge is 0.309 e. The van der Waals surface area contributed by atoms with Crippen LogP contribution < -0.4 is 5.32 Å². The van der Waals surface area contributed by atoms with Crippen LogP contribution in [0, 0.1) is 19.8 Å². The van der Waals surface area contributed by atoms with E-state index < -0.39 is 0 Å². The average molecular weight is 383 g/mol. The van der Waals surface area contributed by atoms with Gasteiger partial charge < -0.3 is 10.2 Å². The summed E-state index contributed by atoms with van der Waals surface area (Å²) in [7, 11) is 3.96. The second-order valence-corrected chi connectivity index (χ2v) is 6.87. The standard InChI is InChI=1S/C15H23BrN6O/c1-9(7-22-11(3)14(16)10(2)20-22)15(23)17-13-6-12(18-19-13)8-21(4)5/h6,9H,7-8H2,1-5H3,(H2,17,18,19,23). The summed E-state index contributed by atoms with van der Waals surface area (Å²) in [6.45, 7) is 7.08. The summed E-state index contributed by atoms with van der Waals surface area (Å²) < 4.78 is 2.84. The molecule has 0 aliphatic heterocycles. The summed E-state index contributed by atoms with van der Waals surface area (Å²) in [6.07, 6.45) is 0. The number of carbonyl (C=O) groups excluding carboxylic acids is 1. The number of anilines is 1. The van der Waals surface area contributed by atoms with Crippen molar-refractivity contribution < 1.29 is 4.79 Å². The summed E-state index contributed by atoms with van der Waals surface area (Å²) in [6, 6.07) is 1.85. The fourth-order valence-electron chi connectivity index (χ4n) is 2.29. The van der Waals surface area contributed by atoms with Crippen LogP contribution in [0.3, 0.4) is 0 Å². The van der Waals surface area contributed by atoms with Crippen molar-refractivity contribution in [3.63, 3.8) is 0 Å². The van der Waals surface area contributed by atoms with Crippen LogP contribution in [-0.2, 0) is 17.9 Å². The molecule has 0 aliphatic carbocycles. The number of halogens is 1. The molecule has 2 N–H and O–H groups in total. The third-order valence-corrected chi connectivity index (χ3v) is 4.70. The van der Waals surface area contributed by atoms with Crippen LogP contribution in [0.4, 0.5) is 5.82 Å². The highest BCUT2D eigenvalue weighted by atomic mass is 79.9. The van der Waals surface area contributed by atoms with E-state index in [1.165, 1.54) is 0 Å². The van der Waals surface area contributed by atoms with E-state index in [-0.39, 0.29) is 11.8 Å². The van der Waals surface area contributed by atoms with Crippen LogP contribution in [-0.4, -0.2) is 44.9 Å². The van der Waals surface area contributed by atoms with Gasteiger partial charge in [0.2, 0.25) is 5.91 Å². The second-order valence-electron chi connectivity index (χ2n) is 6.07. The lowest BCUT2D eigenvalue weighted by Gasteiger charge is -2.12. The number of rotatable bonds is 6. The number of aromatic amines is 1. The summed E-state index contributed by atoms with van der Waals surface area (Å²) >= 11 is 3.50. The predicted molar refractivity (Wildman–Crippen MR) is 93.2 cm³/mol. The molecule has 2 heterocycles. The summed E-state index contributed by atoms with van der Waals surface area (Å²) in [4.78, 5) is 14.4. The minimum Gasteiger partial charge on any atom is -0.309 e. The molecule has 0 fully saturated rings. The third-order valence-electron chi connectivity index (χ3n) is 3.56. The molecule has 8 heteroatoms. The Labute approximate surface area is 144 Å². The lowest BCUT2D eigenvalue weighted by Crippen LogP contribution is -2.25. The summed E-state index contributed by atoms with van der Waals surface area (Å²) in [5.74, 6) is 0.263. The van der Waals surface area contributed by atoms with Gasteiger partial charge in [0, 0.05) is 18.3 Å². The van der Waals surface area contributed by atoms with E-state index in [1.54, 1.807) is 0 Å². The Morgan fingerprint density at radius 1 is 1.48 bits per heavy atom. The fraction of sp³-hybridized carbons (Fsp3) is 0.533. The van der Waals surface area contributed by atoms with Gasteiger partial charge in [0.25, 0.3) is 0 Å². The Balaban J connectivity index is 1.97. The van der Waals surface area contributed by atoms with Gasteiger partial charge in [-0.1, -0.05) is 6.92 Å². The molecule has 1 unspecified atom stereocenters. The van der Waals surface area contributed by atoms with Crippen molar-refractivity contribution in [2.75, 3.05) is 19.4 Å². The number of aromatic nitrogens is 4. The van der Waals surface area contributed by atoms with Crippen molar-refractivity contribution in [3.05, 3.63) is 27.6 Å². The molecule has 0 spiro atoms. The van der Waals surface area contributed by atoms with Crippen molar-refractivity contribution in [1.82, 2.24) is 24.9 Å². The third kappa shape index (κ3) is 4.42. The first kappa shape index (κ1) is 17.7. The summed E-state index contributed by atoms with van der Waals surface area (Å²) in [5.41, 5.74) is 2.91. The Bertz CT molecular complexity index is 690. The maximum atomic E-state index is 12.3. The number of H-pyrrole nitrogens is 1. The SMILES string of the molecule is Cc1nn(CC(C)C(=O)Nc2cc(CN(C)C)[nH]n2)c(C)c1Br. The van der Waals surface area contributed by atoms with E-state index in [1.807, 2.05) is 50.5 Å². The minimum absolute atomic E-state index is 0.0726. The molecule has 23 heavy (non-hydrogen) atoms. The van der Waals surface area contributed by atoms with Gasteiger partial charge in [0.1, 0.15) is 0 Å². The maximum Gasteiger partial charge on any atom is 0.230 e. The molecule has 0 aromatic carbocycles. The van der Waals surface area contributed by atoms with Crippen LogP contribution in [0.25, 0.3) is 0 Å². The minimum atomic E-state index is -0.214. The lowest BCUT2D eigenvalue weighted by molar-refractivity contribution is -0.119. The second kappa shape index (κ2) is 7.27. The van der Waals surface area contributed by atoms with Crippen LogP contribution in [0.2, 0.25) is 0 Å². The van der Waals surface area contributed by atoms with Crippen LogP contribution >= 0.6 is 15.9 Å². The average Bonchev–Trinajstić information content (AvgIpc) is 2.99. The molecule has 1 atom stereocenters. The van der Waals surface area contributed by atoms with E-state index in [0.717, 1.165) is 28.1 Å². The number of nitrogens with one attached hydrogen (secondary N) is 2. The smallest absolute Gasteiger partial charge is 0.230 e. The maximum absolute atomic E-state index is 12.3. The molecule has 2 aromatic rings. The highest BCUT2D eigenvalue weighted by Crippen LogP contribution is 2.20. The fourth-order valence-corrected chi connectivity index (χ4v) is 2.58. The zero-order valence-electron chi connectivity index (χ0n) is 14.1. The monoisotopic (exact) mass is 382 g/mol. The van der Waals surface area contributed by atoms with E-state index >= 15 is 0 Å². The van der Waals surface area contributed by atoms with Crippen molar-refractivity contribution in [3.8, 4) is 0 Å². The number of hydrogen-bond donors (Lipinski definition) is 2. The predicted octanol–water partition coefficient (Wildman–Crippen LogP) is 2.32. The molecule has 2 aromatic heterocycles. The highest BCUT2D eigenvalue weighted by molar-refractivity contribution is 9.10. The molecule has 1 amide bonds. The first-order chi connectivity index (χ1) is 10.8. The molecule has 2 rings (SSSR count). The Hall–Kier alpha value is -1.67. The quantitative estimate of drug-likeness (QED) is 0.803. The Morgan fingerprint density at radius 3 is 2.74 bits per heavy atom.